The van der Waals surface area contributed by atoms with E-state index in [4.69, 9.17) is 18.9 Å². The first-order chi connectivity index (χ1) is 17.4. The van der Waals surface area contributed by atoms with Crippen LogP contribution in [0.2, 0.25) is 0 Å². The molecule has 0 spiro atoms. The van der Waals surface area contributed by atoms with E-state index < -0.39 is 17.7 Å². The van der Waals surface area contributed by atoms with Crippen LogP contribution >= 0.6 is 0 Å². The van der Waals surface area contributed by atoms with Gasteiger partial charge < -0.3 is 29.0 Å². The van der Waals surface area contributed by atoms with Gasteiger partial charge >= 0.3 is 0 Å². The van der Waals surface area contributed by atoms with E-state index in [1.807, 2.05) is 26.8 Å². The van der Waals surface area contributed by atoms with Crippen molar-refractivity contribution in [1.82, 2.24) is 4.90 Å². The number of nitrogens with zero attached hydrogens (tertiary/aromatic N) is 1. The van der Waals surface area contributed by atoms with E-state index in [1.54, 1.807) is 30.3 Å². The van der Waals surface area contributed by atoms with Gasteiger partial charge in [0.15, 0.2) is 11.5 Å². The van der Waals surface area contributed by atoms with Gasteiger partial charge in [-0.05, 0) is 61.7 Å². The lowest BCUT2D eigenvalue weighted by molar-refractivity contribution is -0.140. The van der Waals surface area contributed by atoms with Gasteiger partial charge in [0, 0.05) is 25.6 Å². The summed E-state index contributed by atoms with van der Waals surface area (Å²) in [4.78, 5) is 27.8. The van der Waals surface area contributed by atoms with Crippen LogP contribution in [-0.2, 0) is 20.7 Å². The van der Waals surface area contributed by atoms with Gasteiger partial charge in [-0.25, -0.2) is 0 Å². The molecule has 0 unspecified atom stereocenters. The maximum absolute atomic E-state index is 13.3. The lowest BCUT2D eigenvalue weighted by Crippen LogP contribution is -2.32. The molecular weight excluding hydrogens is 462 g/mol. The average molecular weight is 496 g/mol. The third-order valence-corrected chi connectivity index (χ3v) is 6.29. The molecule has 2 aromatic rings. The summed E-state index contributed by atoms with van der Waals surface area (Å²) in [5.74, 6) is 0.238. The number of carbonyl (C=O) groups is 2. The van der Waals surface area contributed by atoms with Crippen molar-refractivity contribution < 1.29 is 33.6 Å². The summed E-state index contributed by atoms with van der Waals surface area (Å²) in [6.45, 7) is 7.26. The third-order valence-electron chi connectivity index (χ3n) is 6.29. The number of likely N-dealkylation sites (tertiary alicyclic amines) is 1. The van der Waals surface area contributed by atoms with Crippen LogP contribution in [0, 0.1) is 0 Å². The number of fused-ring (bicyclic) bond motifs is 1. The number of amides is 1. The highest BCUT2D eigenvalue weighted by Gasteiger charge is 2.46. The molecule has 2 aliphatic rings. The van der Waals surface area contributed by atoms with Crippen molar-refractivity contribution in [3.63, 3.8) is 0 Å². The van der Waals surface area contributed by atoms with Crippen LogP contribution in [0.15, 0.2) is 42.0 Å². The Kier molecular flexibility index (Phi) is 7.84. The first-order valence-electron chi connectivity index (χ1n) is 12.4. The lowest BCUT2D eigenvalue weighted by Gasteiger charge is -2.26. The molecule has 0 bridgehead atoms. The minimum Gasteiger partial charge on any atom is -0.507 e. The normalized spacial score (nSPS) is 20.4. The predicted molar refractivity (Wildman–Crippen MR) is 135 cm³/mol. The van der Waals surface area contributed by atoms with Crippen LogP contribution in [0.3, 0.4) is 0 Å². The van der Waals surface area contributed by atoms with Crippen LogP contribution in [-0.4, -0.2) is 61.3 Å². The number of hydrogen-bond donors (Lipinski definition) is 1. The summed E-state index contributed by atoms with van der Waals surface area (Å²) in [5, 5.41) is 11.4. The second kappa shape index (κ2) is 11.0. The van der Waals surface area contributed by atoms with Gasteiger partial charge in [0.05, 0.1) is 31.4 Å². The first-order valence-corrected chi connectivity index (χ1v) is 12.4. The van der Waals surface area contributed by atoms with E-state index in [2.05, 4.69) is 0 Å². The van der Waals surface area contributed by atoms with E-state index in [9.17, 15) is 14.7 Å². The summed E-state index contributed by atoms with van der Waals surface area (Å²) in [5.41, 5.74) is 2.09. The van der Waals surface area contributed by atoms with Crippen LogP contribution in [0.4, 0.5) is 0 Å². The molecular formula is C28H33NO7. The topological polar surface area (TPSA) is 94.5 Å². The highest BCUT2D eigenvalue weighted by Crippen LogP contribution is 2.42. The molecule has 2 heterocycles. The van der Waals surface area contributed by atoms with Gasteiger partial charge in [-0.1, -0.05) is 13.0 Å². The number of ketones is 1. The molecule has 2 aromatic carbocycles. The maximum Gasteiger partial charge on any atom is 0.295 e. The Morgan fingerprint density at radius 2 is 1.89 bits per heavy atom. The number of hydrogen-bond acceptors (Lipinski definition) is 7. The van der Waals surface area contributed by atoms with Gasteiger partial charge in [0.2, 0.25) is 0 Å². The molecule has 0 aromatic heterocycles. The number of carbonyl (C=O) groups excluding carboxylic acids is 2. The van der Waals surface area contributed by atoms with E-state index in [-0.39, 0.29) is 30.6 Å². The van der Waals surface area contributed by atoms with Gasteiger partial charge in [-0.3, -0.25) is 9.59 Å². The molecule has 8 heteroatoms. The zero-order chi connectivity index (χ0) is 25.8. The Balaban J connectivity index is 1.82. The Hall–Kier alpha value is -3.52. The van der Waals surface area contributed by atoms with Gasteiger partial charge in [0.25, 0.3) is 11.7 Å². The summed E-state index contributed by atoms with van der Waals surface area (Å²) in [6.07, 6.45) is 1.59. The number of aliphatic hydroxyl groups is 1. The predicted octanol–water partition coefficient (Wildman–Crippen LogP) is 4.27. The van der Waals surface area contributed by atoms with E-state index in [0.29, 0.717) is 42.3 Å². The Morgan fingerprint density at radius 3 is 2.61 bits per heavy atom. The minimum atomic E-state index is -0.803. The molecule has 1 fully saturated rings. The number of Topliss-reactive ketones (excluding diaryl/α,β-unsaturated/α-hetero) is 1. The lowest BCUT2D eigenvalue weighted by atomic mass is 9.94. The SMILES string of the molecule is CCCOc1ccc([C@H]2C(=C(O)c3ccc4c(c3)C[C@H](C)O4)C(=O)C(=O)N2CCOC)cc1OCC. The van der Waals surface area contributed by atoms with Crippen molar-refractivity contribution in [1.29, 1.82) is 0 Å². The number of benzene rings is 2. The highest BCUT2D eigenvalue weighted by molar-refractivity contribution is 6.46. The zero-order valence-electron chi connectivity index (χ0n) is 21.2. The summed E-state index contributed by atoms with van der Waals surface area (Å²) < 4.78 is 22.6. The fourth-order valence-corrected chi connectivity index (χ4v) is 4.67. The summed E-state index contributed by atoms with van der Waals surface area (Å²) >= 11 is 0. The molecule has 2 atom stereocenters. The molecule has 0 aliphatic carbocycles. The van der Waals surface area contributed by atoms with Gasteiger partial charge in [-0.2, -0.15) is 0 Å². The van der Waals surface area contributed by atoms with Crippen molar-refractivity contribution in [2.24, 2.45) is 0 Å². The zero-order valence-corrected chi connectivity index (χ0v) is 21.2. The molecule has 1 saturated heterocycles. The molecule has 192 valence electrons. The largest absolute Gasteiger partial charge is 0.507 e. The Labute approximate surface area is 211 Å². The Bertz CT molecular complexity index is 1170. The van der Waals surface area contributed by atoms with Crippen LogP contribution in [0.25, 0.3) is 5.76 Å². The van der Waals surface area contributed by atoms with Gasteiger partial charge in [-0.15, -0.1) is 0 Å². The van der Waals surface area contributed by atoms with Crippen molar-refractivity contribution in [3.05, 3.63) is 58.7 Å². The van der Waals surface area contributed by atoms with E-state index in [1.165, 1.54) is 12.0 Å². The smallest absolute Gasteiger partial charge is 0.295 e. The molecule has 0 radical (unpaired) electrons. The number of methoxy groups -OCH3 is 1. The molecule has 0 saturated carbocycles. The third kappa shape index (κ3) is 4.91. The standard InChI is InChI=1S/C28H33NO7/c1-5-12-35-22-10-7-18(16-23(22)34-6-2)25-24(27(31)28(32)29(25)11-13-33-4)26(30)19-8-9-21-20(15-19)14-17(3)36-21/h7-10,15-17,25,30H,5-6,11-14H2,1-4H3/t17-,25-/m0/s1. The van der Waals surface area contributed by atoms with Crippen molar-refractivity contribution in [2.75, 3.05) is 33.5 Å². The maximum atomic E-state index is 13.3. The van der Waals surface area contributed by atoms with E-state index in [0.717, 1.165) is 17.7 Å². The number of rotatable bonds is 10. The molecule has 8 nitrogen and oxygen atoms in total. The molecule has 4 rings (SSSR count). The average Bonchev–Trinajstić information content (AvgIpc) is 3.37. The van der Waals surface area contributed by atoms with Gasteiger partial charge in [0.1, 0.15) is 17.6 Å². The van der Waals surface area contributed by atoms with E-state index >= 15 is 0 Å². The van der Waals surface area contributed by atoms with Crippen LogP contribution in [0.5, 0.6) is 17.2 Å². The molecule has 1 amide bonds. The molecule has 36 heavy (non-hydrogen) atoms. The second-order valence-electron chi connectivity index (χ2n) is 8.93. The van der Waals surface area contributed by atoms with Crippen LogP contribution < -0.4 is 14.2 Å². The quantitative estimate of drug-likeness (QED) is 0.299. The molecule has 2 aliphatic heterocycles. The van der Waals surface area contributed by atoms with Crippen molar-refractivity contribution in [3.8, 4) is 17.2 Å². The highest BCUT2D eigenvalue weighted by atomic mass is 16.5. The fourth-order valence-electron chi connectivity index (χ4n) is 4.67. The second-order valence-corrected chi connectivity index (χ2v) is 8.93. The van der Waals surface area contributed by atoms with Crippen LogP contribution in [0.1, 0.15) is 49.9 Å². The van der Waals surface area contributed by atoms with Crippen molar-refractivity contribution in [2.45, 2.75) is 45.8 Å². The fraction of sp³-hybridized carbons (Fsp3) is 0.429. The first kappa shape index (κ1) is 25.6. The number of aliphatic hydroxyl groups excluding tert-OH is 1. The summed E-state index contributed by atoms with van der Waals surface area (Å²) in [6, 6.07) is 9.87. The minimum absolute atomic E-state index is 0.0349. The molecule has 1 N–H and O–H groups in total. The summed E-state index contributed by atoms with van der Waals surface area (Å²) in [7, 11) is 1.53. The van der Waals surface area contributed by atoms with Crippen molar-refractivity contribution >= 4 is 17.4 Å². The number of ether oxygens (including phenoxy) is 4. The monoisotopic (exact) mass is 495 g/mol. The Morgan fingerprint density at radius 1 is 1.08 bits per heavy atom.